The van der Waals surface area contributed by atoms with Gasteiger partial charge in [0.1, 0.15) is 0 Å². The Morgan fingerprint density at radius 1 is 1.39 bits per heavy atom. The van der Waals surface area contributed by atoms with Crippen LogP contribution < -0.4 is 11.1 Å². The van der Waals surface area contributed by atoms with Crippen LogP contribution in [0.2, 0.25) is 0 Å². The highest BCUT2D eigenvalue weighted by molar-refractivity contribution is 8.00. The van der Waals surface area contributed by atoms with Gasteiger partial charge in [0, 0.05) is 17.5 Å². The number of hydrogen-bond acceptors (Lipinski definition) is 3. The van der Waals surface area contributed by atoms with Crippen molar-refractivity contribution in [2.24, 2.45) is 5.73 Å². The minimum atomic E-state index is 0.0311. The van der Waals surface area contributed by atoms with Crippen LogP contribution in [0.3, 0.4) is 0 Å². The van der Waals surface area contributed by atoms with E-state index >= 15 is 0 Å². The van der Waals surface area contributed by atoms with Gasteiger partial charge in [0.2, 0.25) is 5.91 Å². The predicted molar refractivity (Wildman–Crippen MR) is 80.0 cm³/mol. The molecule has 4 heteroatoms. The standard InChI is InChI=1S/C14H22N2OS/c1-3-4-12-5-7-13(8-6-12)16-14(17)10-18-11(2)9-15/h5-8,11H,3-4,9-10,15H2,1-2H3,(H,16,17). The van der Waals surface area contributed by atoms with Crippen LogP contribution in [0.1, 0.15) is 25.8 Å². The number of rotatable bonds is 7. The summed E-state index contributed by atoms with van der Waals surface area (Å²) < 4.78 is 0. The van der Waals surface area contributed by atoms with Crippen molar-refractivity contribution in [1.29, 1.82) is 0 Å². The zero-order valence-electron chi connectivity index (χ0n) is 11.1. The maximum absolute atomic E-state index is 11.7. The van der Waals surface area contributed by atoms with Crippen molar-refractivity contribution in [1.82, 2.24) is 0 Å². The molecule has 18 heavy (non-hydrogen) atoms. The fourth-order valence-corrected chi connectivity index (χ4v) is 2.17. The Morgan fingerprint density at radius 3 is 2.61 bits per heavy atom. The number of nitrogens with one attached hydrogen (secondary N) is 1. The number of carbonyl (C=O) groups excluding carboxylic acids is 1. The van der Waals surface area contributed by atoms with Crippen molar-refractivity contribution >= 4 is 23.4 Å². The molecule has 100 valence electrons. The minimum Gasteiger partial charge on any atom is -0.329 e. The summed E-state index contributed by atoms with van der Waals surface area (Å²) in [6.07, 6.45) is 2.22. The van der Waals surface area contributed by atoms with Gasteiger partial charge in [-0.15, -0.1) is 11.8 Å². The van der Waals surface area contributed by atoms with Crippen LogP contribution in [0.25, 0.3) is 0 Å². The molecule has 0 aliphatic rings. The summed E-state index contributed by atoms with van der Waals surface area (Å²) in [6, 6.07) is 8.05. The summed E-state index contributed by atoms with van der Waals surface area (Å²) in [5.41, 5.74) is 7.67. The van der Waals surface area contributed by atoms with Crippen molar-refractivity contribution in [3.05, 3.63) is 29.8 Å². The Kier molecular flexibility index (Phi) is 6.83. The lowest BCUT2D eigenvalue weighted by Gasteiger charge is -2.09. The predicted octanol–water partition coefficient (Wildman–Crippen LogP) is 2.66. The number of anilines is 1. The molecule has 3 N–H and O–H groups in total. The van der Waals surface area contributed by atoms with Crippen LogP contribution in [0.5, 0.6) is 0 Å². The highest BCUT2D eigenvalue weighted by Crippen LogP contribution is 2.13. The average molecular weight is 266 g/mol. The molecule has 1 aromatic carbocycles. The van der Waals surface area contributed by atoms with E-state index in [9.17, 15) is 4.79 Å². The smallest absolute Gasteiger partial charge is 0.234 e. The van der Waals surface area contributed by atoms with Gasteiger partial charge >= 0.3 is 0 Å². The second-order valence-corrected chi connectivity index (χ2v) is 5.78. The Labute approximate surface area is 114 Å². The minimum absolute atomic E-state index is 0.0311. The lowest BCUT2D eigenvalue weighted by atomic mass is 10.1. The van der Waals surface area contributed by atoms with Gasteiger partial charge in [0.15, 0.2) is 0 Å². The van der Waals surface area contributed by atoms with Crippen LogP contribution in [0, 0.1) is 0 Å². The molecule has 1 amide bonds. The SMILES string of the molecule is CCCc1ccc(NC(=O)CSC(C)CN)cc1. The first-order chi connectivity index (χ1) is 8.65. The summed E-state index contributed by atoms with van der Waals surface area (Å²) in [4.78, 5) is 11.7. The molecule has 0 aliphatic heterocycles. The largest absolute Gasteiger partial charge is 0.329 e. The quantitative estimate of drug-likeness (QED) is 0.797. The van der Waals surface area contributed by atoms with Crippen LogP contribution in [0.4, 0.5) is 5.69 Å². The van der Waals surface area contributed by atoms with E-state index in [1.807, 2.05) is 19.1 Å². The fourth-order valence-electron chi connectivity index (χ4n) is 1.53. The summed E-state index contributed by atoms with van der Waals surface area (Å²) in [5, 5.41) is 3.21. The number of hydrogen-bond donors (Lipinski definition) is 2. The third kappa shape index (κ3) is 5.56. The first-order valence-electron chi connectivity index (χ1n) is 6.36. The first-order valence-corrected chi connectivity index (χ1v) is 7.41. The summed E-state index contributed by atoms with van der Waals surface area (Å²) in [7, 11) is 0. The second kappa shape index (κ2) is 8.16. The monoisotopic (exact) mass is 266 g/mol. The Balaban J connectivity index is 2.39. The van der Waals surface area contributed by atoms with Crippen LogP contribution in [-0.2, 0) is 11.2 Å². The summed E-state index contributed by atoms with van der Waals surface area (Å²) >= 11 is 1.58. The van der Waals surface area contributed by atoms with Gasteiger partial charge in [-0.3, -0.25) is 4.79 Å². The molecule has 0 radical (unpaired) electrons. The van der Waals surface area contributed by atoms with Gasteiger partial charge in [0.05, 0.1) is 5.75 Å². The maximum atomic E-state index is 11.7. The first kappa shape index (κ1) is 15.1. The van der Waals surface area contributed by atoms with Crippen LogP contribution in [-0.4, -0.2) is 23.5 Å². The molecule has 0 heterocycles. The number of thioether (sulfide) groups is 1. The van der Waals surface area contributed by atoms with Gasteiger partial charge in [-0.2, -0.15) is 0 Å². The highest BCUT2D eigenvalue weighted by Gasteiger charge is 2.06. The van der Waals surface area contributed by atoms with E-state index in [4.69, 9.17) is 5.73 Å². The van der Waals surface area contributed by atoms with Gasteiger partial charge in [-0.1, -0.05) is 32.4 Å². The molecular formula is C14H22N2OS. The van der Waals surface area contributed by atoms with E-state index in [1.54, 1.807) is 11.8 Å². The Hall–Kier alpha value is -1.00. The maximum Gasteiger partial charge on any atom is 0.234 e. The molecule has 1 atom stereocenters. The van der Waals surface area contributed by atoms with E-state index in [-0.39, 0.29) is 5.91 Å². The molecule has 3 nitrogen and oxygen atoms in total. The zero-order chi connectivity index (χ0) is 13.4. The number of nitrogens with two attached hydrogens (primary N) is 1. The molecule has 0 aromatic heterocycles. The number of carbonyl (C=O) groups is 1. The summed E-state index contributed by atoms with van der Waals surface area (Å²) in [5.74, 6) is 0.485. The van der Waals surface area contributed by atoms with Gasteiger partial charge in [-0.25, -0.2) is 0 Å². The van der Waals surface area contributed by atoms with Crippen LogP contribution in [0.15, 0.2) is 24.3 Å². The fraction of sp³-hybridized carbons (Fsp3) is 0.500. The topological polar surface area (TPSA) is 55.1 Å². The zero-order valence-corrected chi connectivity index (χ0v) is 11.9. The second-order valence-electron chi connectivity index (χ2n) is 4.35. The molecule has 1 unspecified atom stereocenters. The van der Waals surface area contributed by atoms with Crippen molar-refractivity contribution in [2.75, 3.05) is 17.6 Å². The highest BCUT2D eigenvalue weighted by atomic mass is 32.2. The lowest BCUT2D eigenvalue weighted by molar-refractivity contribution is -0.113. The molecule has 0 aliphatic carbocycles. The van der Waals surface area contributed by atoms with Crippen molar-refractivity contribution in [2.45, 2.75) is 31.9 Å². The molecule has 0 bridgehead atoms. The number of aryl methyl sites for hydroxylation is 1. The molecule has 1 aromatic rings. The van der Waals surface area contributed by atoms with E-state index < -0.39 is 0 Å². The third-order valence-corrected chi connectivity index (χ3v) is 3.80. The lowest BCUT2D eigenvalue weighted by Crippen LogP contribution is -2.19. The van der Waals surface area contributed by atoms with E-state index in [2.05, 4.69) is 24.4 Å². The third-order valence-electron chi connectivity index (χ3n) is 2.61. The molecule has 0 saturated heterocycles. The van der Waals surface area contributed by atoms with E-state index in [0.717, 1.165) is 18.5 Å². The number of amides is 1. The average Bonchev–Trinajstić information content (AvgIpc) is 2.38. The van der Waals surface area contributed by atoms with Crippen molar-refractivity contribution < 1.29 is 4.79 Å². The van der Waals surface area contributed by atoms with Gasteiger partial charge in [-0.05, 0) is 24.1 Å². The molecule has 0 spiro atoms. The van der Waals surface area contributed by atoms with Gasteiger partial charge < -0.3 is 11.1 Å². The van der Waals surface area contributed by atoms with Crippen LogP contribution >= 0.6 is 11.8 Å². The molecule has 0 fully saturated rings. The van der Waals surface area contributed by atoms with Gasteiger partial charge in [0.25, 0.3) is 0 Å². The molecule has 1 rings (SSSR count). The normalized spacial score (nSPS) is 12.2. The molecular weight excluding hydrogens is 244 g/mol. The van der Waals surface area contributed by atoms with E-state index in [1.165, 1.54) is 5.56 Å². The Bertz CT molecular complexity index is 365. The van der Waals surface area contributed by atoms with Crippen molar-refractivity contribution in [3.8, 4) is 0 Å². The summed E-state index contributed by atoms with van der Waals surface area (Å²) in [6.45, 7) is 4.78. The van der Waals surface area contributed by atoms with E-state index in [0.29, 0.717) is 17.5 Å². The Morgan fingerprint density at radius 2 is 2.06 bits per heavy atom. The number of benzene rings is 1. The van der Waals surface area contributed by atoms with Crippen molar-refractivity contribution in [3.63, 3.8) is 0 Å². The molecule has 0 saturated carbocycles.